The molecule has 1 fully saturated rings. The van der Waals surface area contributed by atoms with Crippen molar-refractivity contribution in [3.05, 3.63) is 34.9 Å². The maximum absolute atomic E-state index is 6.52. The van der Waals surface area contributed by atoms with Crippen LogP contribution in [-0.4, -0.2) is 93.7 Å². The fourth-order valence-electron chi connectivity index (χ4n) is 4.07. The molecular weight excluding hydrogens is 396 g/mol. The summed E-state index contributed by atoms with van der Waals surface area (Å²) in [6.07, 6.45) is 0. The zero-order chi connectivity index (χ0) is 21.9. The summed E-state index contributed by atoms with van der Waals surface area (Å²) < 4.78 is 0. The lowest BCUT2D eigenvalue weighted by Crippen LogP contribution is -2.48. The second-order valence-corrected chi connectivity index (χ2v) is 8.71. The van der Waals surface area contributed by atoms with Gasteiger partial charge in [0.1, 0.15) is 0 Å². The van der Waals surface area contributed by atoms with Crippen LogP contribution in [0.3, 0.4) is 0 Å². The van der Waals surface area contributed by atoms with Gasteiger partial charge in [0.05, 0.1) is 6.04 Å². The minimum Gasteiger partial charge on any atom is -0.356 e. The molecule has 0 bridgehead atoms. The fraction of sp³-hybridized carbons (Fsp3) is 0.696. The number of benzene rings is 1. The number of nitrogens with zero attached hydrogens (tertiary/aromatic N) is 4. The van der Waals surface area contributed by atoms with Crippen molar-refractivity contribution in [2.24, 2.45) is 10.9 Å². The van der Waals surface area contributed by atoms with Crippen LogP contribution in [0.1, 0.15) is 32.4 Å². The van der Waals surface area contributed by atoms with E-state index in [2.05, 4.69) is 70.3 Å². The molecule has 0 saturated carbocycles. The molecule has 6 nitrogen and oxygen atoms in total. The zero-order valence-electron chi connectivity index (χ0n) is 19.5. The summed E-state index contributed by atoms with van der Waals surface area (Å²) in [5, 5.41) is 7.86. The number of halogens is 1. The lowest BCUT2D eigenvalue weighted by molar-refractivity contribution is 0.139. The summed E-state index contributed by atoms with van der Waals surface area (Å²) in [6, 6.07) is 8.35. The molecule has 0 radical (unpaired) electrons. The normalized spacial score (nSPS) is 18.4. The van der Waals surface area contributed by atoms with Crippen molar-refractivity contribution in [2.45, 2.75) is 26.8 Å². The van der Waals surface area contributed by atoms with E-state index in [9.17, 15) is 0 Å². The number of hydrogen-bond acceptors (Lipinski definition) is 4. The number of likely N-dealkylation sites (N-methyl/N-ethyl adjacent to an activating group) is 2. The summed E-state index contributed by atoms with van der Waals surface area (Å²) in [4.78, 5) is 11.8. The van der Waals surface area contributed by atoms with Crippen LogP contribution in [-0.2, 0) is 0 Å². The Morgan fingerprint density at radius 1 is 1.10 bits per heavy atom. The van der Waals surface area contributed by atoms with Crippen LogP contribution < -0.4 is 10.6 Å². The molecular formula is C23H41ClN6. The van der Waals surface area contributed by atoms with Gasteiger partial charge < -0.3 is 20.4 Å². The third-order valence-electron chi connectivity index (χ3n) is 5.99. The van der Waals surface area contributed by atoms with Crippen LogP contribution >= 0.6 is 11.6 Å². The fourth-order valence-corrected chi connectivity index (χ4v) is 4.33. The Kier molecular flexibility index (Phi) is 10.9. The molecule has 0 amide bonds. The van der Waals surface area contributed by atoms with E-state index in [-0.39, 0.29) is 6.04 Å². The monoisotopic (exact) mass is 436 g/mol. The Bertz CT molecular complexity index is 640. The van der Waals surface area contributed by atoms with E-state index in [1.54, 1.807) is 0 Å². The number of hydrogen-bond donors (Lipinski definition) is 2. The zero-order valence-corrected chi connectivity index (χ0v) is 20.3. The van der Waals surface area contributed by atoms with Crippen molar-refractivity contribution in [3.8, 4) is 0 Å². The molecule has 1 heterocycles. The number of guanidine groups is 1. The Labute approximate surface area is 188 Å². The highest BCUT2D eigenvalue weighted by atomic mass is 35.5. The van der Waals surface area contributed by atoms with Crippen LogP contribution in [0.15, 0.2) is 29.3 Å². The third-order valence-corrected chi connectivity index (χ3v) is 6.33. The first-order valence-corrected chi connectivity index (χ1v) is 11.7. The average Bonchev–Trinajstić information content (AvgIpc) is 2.75. The molecule has 1 aliphatic heterocycles. The van der Waals surface area contributed by atoms with E-state index < -0.39 is 0 Å². The second-order valence-electron chi connectivity index (χ2n) is 8.30. The molecule has 2 unspecified atom stereocenters. The maximum atomic E-state index is 6.52. The van der Waals surface area contributed by atoms with Crippen molar-refractivity contribution in [3.63, 3.8) is 0 Å². The molecule has 0 spiro atoms. The molecule has 1 aromatic rings. The van der Waals surface area contributed by atoms with Crippen LogP contribution in [0.2, 0.25) is 5.02 Å². The molecule has 0 aliphatic carbocycles. The molecule has 1 aliphatic rings. The van der Waals surface area contributed by atoms with Gasteiger partial charge in [-0.2, -0.15) is 0 Å². The summed E-state index contributed by atoms with van der Waals surface area (Å²) in [5.74, 6) is 1.42. The molecule has 2 rings (SSSR count). The first kappa shape index (κ1) is 24.9. The average molecular weight is 437 g/mol. The lowest BCUT2D eigenvalue weighted by atomic mass is 10.0. The van der Waals surface area contributed by atoms with Crippen molar-refractivity contribution >= 4 is 17.6 Å². The highest BCUT2D eigenvalue weighted by molar-refractivity contribution is 6.31. The van der Waals surface area contributed by atoms with Gasteiger partial charge in [-0.3, -0.25) is 9.89 Å². The van der Waals surface area contributed by atoms with Gasteiger partial charge in [0, 0.05) is 57.9 Å². The van der Waals surface area contributed by atoms with Crippen LogP contribution in [0, 0.1) is 5.92 Å². The predicted molar refractivity (Wildman–Crippen MR) is 130 cm³/mol. The van der Waals surface area contributed by atoms with E-state index in [0.29, 0.717) is 5.92 Å². The maximum Gasteiger partial charge on any atom is 0.191 e. The number of nitrogens with one attached hydrogen (secondary N) is 2. The van der Waals surface area contributed by atoms with Crippen LogP contribution in [0.4, 0.5) is 0 Å². The first-order valence-electron chi connectivity index (χ1n) is 11.3. The smallest absolute Gasteiger partial charge is 0.191 e. The molecule has 2 N–H and O–H groups in total. The van der Waals surface area contributed by atoms with Gasteiger partial charge in [0.2, 0.25) is 0 Å². The summed E-state index contributed by atoms with van der Waals surface area (Å²) >= 11 is 6.52. The van der Waals surface area contributed by atoms with Gasteiger partial charge in [-0.1, -0.05) is 50.6 Å². The summed E-state index contributed by atoms with van der Waals surface area (Å²) in [5.41, 5.74) is 1.16. The second kappa shape index (κ2) is 13.2. The third kappa shape index (κ3) is 7.73. The molecule has 2 atom stereocenters. The van der Waals surface area contributed by atoms with Crippen molar-refractivity contribution in [1.29, 1.82) is 0 Å². The molecule has 7 heteroatoms. The van der Waals surface area contributed by atoms with Crippen molar-refractivity contribution < 1.29 is 0 Å². The summed E-state index contributed by atoms with van der Waals surface area (Å²) in [7, 11) is 4.04. The van der Waals surface area contributed by atoms with Gasteiger partial charge in [-0.25, -0.2) is 0 Å². The minimum absolute atomic E-state index is 0.204. The quantitative estimate of drug-likeness (QED) is 0.436. The Hall–Kier alpha value is -1.34. The largest absolute Gasteiger partial charge is 0.356 e. The van der Waals surface area contributed by atoms with E-state index in [4.69, 9.17) is 11.6 Å². The van der Waals surface area contributed by atoms with E-state index in [1.807, 2.05) is 19.2 Å². The Morgan fingerprint density at radius 3 is 2.33 bits per heavy atom. The van der Waals surface area contributed by atoms with Gasteiger partial charge >= 0.3 is 0 Å². The van der Waals surface area contributed by atoms with Crippen molar-refractivity contribution in [2.75, 3.05) is 73.0 Å². The van der Waals surface area contributed by atoms with E-state index in [1.165, 1.54) is 0 Å². The molecule has 1 saturated heterocycles. The van der Waals surface area contributed by atoms with Gasteiger partial charge in [-0.05, 0) is 37.7 Å². The van der Waals surface area contributed by atoms with E-state index >= 15 is 0 Å². The highest BCUT2D eigenvalue weighted by Crippen LogP contribution is 2.26. The molecule has 170 valence electrons. The molecule has 30 heavy (non-hydrogen) atoms. The number of piperazine rings is 1. The van der Waals surface area contributed by atoms with Crippen molar-refractivity contribution in [1.82, 2.24) is 25.3 Å². The number of aliphatic imine (C=N–C) groups is 1. The highest BCUT2D eigenvalue weighted by Gasteiger charge is 2.21. The molecule has 1 aromatic carbocycles. The van der Waals surface area contributed by atoms with E-state index in [0.717, 1.165) is 75.4 Å². The minimum atomic E-state index is 0.204. The predicted octanol–water partition coefficient (Wildman–Crippen LogP) is 2.77. The lowest BCUT2D eigenvalue weighted by Gasteiger charge is -2.34. The molecule has 0 aromatic heterocycles. The first-order chi connectivity index (χ1) is 14.5. The number of rotatable bonds is 10. The Balaban J connectivity index is 1.88. The van der Waals surface area contributed by atoms with Gasteiger partial charge in [0.15, 0.2) is 5.96 Å². The van der Waals surface area contributed by atoms with Crippen LogP contribution in [0.5, 0.6) is 0 Å². The summed E-state index contributed by atoms with van der Waals surface area (Å²) in [6.45, 7) is 16.1. The standard InChI is InChI=1S/C23H41ClN6/c1-6-30(7-2)22(20-10-8-9-11-21(20)24)17-27-23(25-4)26-16-19(3)18-29-14-12-28(5)13-15-29/h8-11,19,22H,6-7,12-18H2,1-5H3,(H2,25,26,27). The topological polar surface area (TPSA) is 46.1 Å². The van der Waals surface area contributed by atoms with Gasteiger partial charge in [0.25, 0.3) is 0 Å². The van der Waals surface area contributed by atoms with Gasteiger partial charge in [-0.15, -0.1) is 0 Å². The SMILES string of the molecule is CCN(CC)C(CNC(=NC)NCC(C)CN1CCN(C)CC1)c1ccccc1Cl. The van der Waals surface area contributed by atoms with Crippen LogP contribution in [0.25, 0.3) is 0 Å². The Morgan fingerprint density at radius 2 is 1.73 bits per heavy atom.